The van der Waals surface area contributed by atoms with Gasteiger partial charge in [-0.15, -0.1) is 0 Å². The minimum Gasteiger partial charge on any atom is -0.392 e. The highest BCUT2D eigenvalue weighted by Gasteiger charge is 1.81. The van der Waals surface area contributed by atoms with Crippen LogP contribution in [0.5, 0.6) is 0 Å². The second-order valence-electron chi connectivity index (χ2n) is 1.08. The molecule has 32 valence electrons. The van der Waals surface area contributed by atoms with Crippen LogP contribution < -0.4 is 5.73 Å². The Labute approximate surface area is 31.6 Å². The highest BCUT2D eigenvalue weighted by atomic mass is 16.3. The van der Waals surface area contributed by atoms with E-state index in [1.165, 1.54) is 0 Å². The van der Waals surface area contributed by atoms with E-state index in [-0.39, 0.29) is 6.10 Å². The van der Waals surface area contributed by atoms with Gasteiger partial charge in [-0.25, -0.2) is 0 Å². The number of aliphatic hydroxyl groups is 1. The van der Waals surface area contributed by atoms with Crippen LogP contribution in [0.1, 0.15) is 6.92 Å². The summed E-state index contributed by atoms with van der Waals surface area (Å²) >= 11 is 0. The molecule has 0 aromatic rings. The molecule has 0 aliphatic carbocycles. The van der Waals surface area contributed by atoms with Crippen LogP contribution in [0.15, 0.2) is 0 Å². The molecule has 0 radical (unpaired) electrons. The maximum absolute atomic E-state index is 8.24. The lowest BCUT2D eigenvalue weighted by Gasteiger charge is -1.91. The van der Waals surface area contributed by atoms with E-state index in [1.54, 1.807) is 6.92 Å². The molecule has 5 heavy (non-hydrogen) atoms. The minimum absolute atomic E-state index is 0.338. The molecule has 2 nitrogen and oxygen atoms in total. The monoisotopic (exact) mass is 76.1 g/mol. The molecule has 0 aromatic heterocycles. The largest absolute Gasteiger partial charge is 0.392 e. The van der Waals surface area contributed by atoms with Gasteiger partial charge in [0.2, 0.25) is 0 Å². The molecule has 1 unspecified atom stereocenters. The van der Waals surface area contributed by atoms with Crippen molar-refractivity contribution in [2.75, 3.05) is 6.54 Å². The number of hydrogen-bond acceptors (Lipinski definition) is 2. The predicted octanol–water partition coefficient (Wildman–Crippen LogP) is -0.674. The Bertz CT molecular complexity index is 20.9. The van der Waals surface area contributed by atoms with Crippen LogP contribution in [0.3, 0.4) is 0 Å². The molecule has 0 fully saturated rings. The lowest BCUT2D eigenvalue weighted by Crippen LogP contribution is -2.14. The first kappa shape index (κ1) is 4.92. The lowest BCUT2D eigenvalue weighted by atomic mass is 10.4. The van der Waals surface area contributed by atoms with E-state index in [4.69, 9.17) is 10.8 Å². The van der Waals surface area contributed by atoms with E-state index >= 15 is 0 Å². The summed E-state index contributed by atoms with van der Waals surface area (Å²) in [5, 5.41) is 8.24. The Morgan fingerprint density at radius 1 is 2.00 bits per heavy atom. The Kier molecular flexibility index (Phi) is 2.14. The SMILES string of the molecule is CC(O)C[15NH2]. The predicted molar refractivity (Wildman–Crippen MR) is 20.7 cm³/mol. The van der Waals surface area contributed by atoms with Crippen LogP contribution in [0, 0.1) is 0 Å². The van der Waals surface area contributed by atoms with Gasteiger partial charge in [0.05, 0.1) is 6.10 Å². The van der Waals surface area contributed by atoms with E-state index in [9.17, 15) is 0 Å². The normalized spacial score (nSPS) is 15.0. The van der Waals surface area contributed by atoms with E-state index in [2.05, 4.69) is 0 Å². The van der Waals surface area contributed by atoms with Crippen molar-refractivity contribution in [2.45, 2.75) is 13.0 Å². The third-order valence-corrected chi connectivity index (χ3v) is 0.341. The van der Waals surface area contributed by atoms with Crippen molar-refractivity contribution in [3.05, 3.63) is 0 Å². The third-order valence-electron chi connectivity index (χ3n) is 0.341. The van der Waals surface area contributed by atoms with Gasteiger partial charge in [0.15, 0.2) is 0 Å². The van der Waals surface area contributed by atoms with E-state index < -0.39 is 0 Å². The summed E-state index contributed by atoms with van der Waals surface area (Å²) in [5.41, 5.74) is 4.92. The first-order valence-electron chi connectivity index (χ1n) is 1.65. The van der Waals surface area contributed by atoms with Gasteiger partial charge >= 0.3 is 0 Å². The summed E-state index contributed by atoms with van der Waals surface area (Å²) in [5.74, 6) is 0. The molecule has 1 atom stereocenters. The summed E-state index contributed by atoms with van der Waals surface area (Å²) in [6.45, 7) is 2.01. The zero-order valence-corrected chi connectivity index (χ0v) is 3.31. The molecule has 0 rings (SSSR count). The molecule has 0 amide bonds. The molecule has 0 spiro atoms. The van der Waals surface area contributed by atoms with Gasteiger partial charge in [-0.2, -0.15) is 0 Å². The molecule has 0 heterocycles. The first-order valence-corrected chi connectivity index (χ1v) is 1.65. The third kappa shape index (κ3) is 3.92. The lowest BCUT2D eigenvalue weighted by molar-refractivity contribution is 0.203. The van der Waals surface area contributed by atoms with Crippen LogP contribution >= 0.6 is 0 Å². The van der Waals surface area contributed by atoms with Crippen molar-refractivity contribution in [3.8, 4) is 0 Å². The molecule has 3 N–H and O–H groups in total. The van der Waals surface area contributed by atoms with Crippen molar-refractivity contribution >= 4 is 0 Å². The zero-order chi connectivity index (χ0) is 4.28. The Balaban J connectivity index is 2.54. The van der Waals surface area contributed by atoms with Crippen molar-refractivity contribution in [3.63, 3.8) is 0 Å². The second-order valence-corrected chi connectivity index (χ2v) is 1.08. The highest BCUT2D eigenvalue weighted by molar-refractivity contribution is 4.40. The zero-order valence-electron chi connectivity index (χ0n) is 3.31. The van der Waals surface area contributed by atoms with Gasteiger partial charge in [0.1, 0.15) is 0 Å². The van der Waals surface area contributed by atoms with Crippen molar-refractivity contribution in [1.29, 1.82) is 0 Å². The molecule has 0 saturated carbocycles. The van der Waals surface area contributed by atoms with Gasteiger partial charge in [-0.05, 0) is 6.92 Å². The smallest absolute Gasteiger partial charge is 0.0634 e. The molecule has 0 aliphatic heterocycles. The highest BCUT2D eigenvalue weighted by Crippen LogP contribution is 1.65. The Morgan fingerprint density at radius 2 is 2.20 bits per heavy atom. The topological polar surface area (TPSA) is 46.2 Å². The average Bonchev–Trinajstić information content (AvgIpc) is 1.38. The minimum atomic E-state index is -0.338. The summed E-state index contributed by atoms with van der Waals surface area (Å²) in [6, 6.07) is 0. The molecule has 0 aliphatic rings. The molecule has 0 saturated heterocycles. The maximum atomic E-state index is 8.24. The van der Waals surface area contributed by atoms with Gasteiger partial charge in [0, 0.05) is 6.54 Å². The summed E-state index contributed by atoms with van der Waals surface area (Å²) in [7, 11) is 0. The van der Waals surface area contributed by atoms with E-state index in [0.29, 0.717) is 6.54 Å². The molecule has 2 heteroatoms. The number of rotatable bonds is 1. The quantitative estimate of drug-likeness (QED) is 0.407. The summed E-state index contributed by atoms with van der Waals surface area (Å²) < 4.78 is 0. The maximum Gasteiger partial charge on any atom is 0.0634 e. The molecule has 0 aromatic carbocycles. The Hall–Kier alpha value is -0.0800. The summed E-state index contributed by atoms with van der Waals surface area (Å²) in [6.07, 6.45) is -0.338. The van der Waals surface area contributed by atoms with Gasteiger partial charge in [-0.3, -0.25) is 0 Å². The fourth-order valence-electron chi connectivity index (χ4n) is 0. The van der Waals surface area contributed by atoms with Crippen LogP contribution in [-0.2, 0) is 0 Å². The van der Waals surface area contributed by atoms with E-state index in [1.807, 2.05) is 0 Å². The van der Waals surface area contributed by atoms with Gasteiger partial charge in [-0.1, -0.05) is 0 Å². The van der Waals surface area contributed by atoms with E-state index in [0.717, 1.165) is 0 Å². The molecular formula is C3H9NO. The van der Waals surface area contributed by atoms with Gasteiger partial charge < -0.3 is 10.8 Å². The van der Waals surface area contributed by atoms with Gasteiger partial charge in [0.25, 0.3) is 0 Å². The van der Waals surface area contributed by atoms with Crippen LogP contribution in [-0.4, -0.2) is 17.8 Å². The first-order chi connectivity index (χ1) is 2.27. The van der Waals surface area contributed by atoms with Crippen molar-refractivity contribution in [2.24, 2.45) is 5.73 Å². The number of hydrogen-bond donors (Lipinski definition) is 2. The standard InChI is InChI=1S/C3H9NO/c1-3(5)2-4/h3,5H,2,4H2,1H3/i4+1. The van der Waals surface area contributed by atoms with Crippen LogP contribution in [0.25, 0.3) is 0 Å². The molecular weight excluding hydrogens is 67.0 g/mol. The molecule has 0 bridgehead atoms. The van der Waals surface area contributed by atoms with Crippen LogP contribution in [0.4, 0.5) is 0 Å². The second kappa shape index (κ2) is 2.18. The average molecular weight is 76.1 g/mol. The number of aliphatic hydroxyl groups excluding tert-OH is 1. The van der Waals surface area contributed by atoms with Crippen LogP contribution in [0.2, 0.25) is 0 Å². The van der Waals surface area contributed by atoms with Crippen molar-refractivity contribution in [1.82, 2.24) is 0 Å². The fraction of sp³-hybridized carbons (Fsp3) is 1.00. The number of nitrogens with two attached hydrogens (primary N) is 1. The fourth-order valence-corrected chi connectivity index (χ4v) is 0. The van der Waals surface area contributed by atoms with Crippen molar-refractivity contribution < 1.29 is 5.11 Å². The summed E-state index contributed by atoms with van der Waals surface area (Å²) in [4.78, 5) is 0. The Morgan fingerprint density at radius 3 is 2.20 bits per heavy atom.